The first-order chi connectivity index (χ1) is 12.5. The van der Waals surface area contributed by atoms with E-state index in [1.807, 2.05) is 18.0 Å². The molecular weight excluding hydrogens is 387 g/mol. The van der Waals surface area contributed by atoms with Crippen molar-refractivity contribution in [1.29, 1.82) is 0 Å². The molecule has 6 heteroatoms. The molecule has 2 aliphatic rings. The molecule has 2 fully saturated rings. The van der Waals surface area contributed by atoms with Crippen molar-refractivity contribution < 1.29 is 4.79 Å². The molecule has 1 aliphatic carbocycles. The molecule has 0 N–H and O–H groups in total. The van der Waals surface area contributed by atoms with Crippen LogP contribution in [0, 0.1) is 0 Å². The zero-order chi connectivity index (χ0) is 18.7. The van der Waals surface area contributed by atoms with Gasteiger partial charge < -0.3 is 4.90 Å². The van der Waals surface area contributed by atoms with Crippen LogP contribution >= 0.6 is 35.8 Å². The molecule has 0 aromatic heterocycles. The quantitative estimate of drug-likeness (QED) is 0.569. The molecule has 1 saturated carbocycles. The van der Waals surface area contributed by atoms with Gasteiger partial charge in [0.1, 0.15) is 0 Å². The molecule has 1 aromatic carbocycles. The van der Waals surface area contributed by atoms with Crippen LogP contribution in [-0.4, -0.2) is 53.2 Å². The lowest BCUT2D eigenvalue weighted by molar-refractivity contribution is -0.132. The summed E-state index contributed by atoms with van der Waals surface area (Å²) in [7, 11) is 1.96. The van der Waals surface area contributed by atoms with Gasteiger partial charge in [-0.05, 0) is 69.3 Å². The van der Waals surface area contributed by atoms with E-state index in [1.165, 1.54) is 12.8 Å². The fraction of sp³-hybridized carbons (Fsp3) is 0.650. The van der Waals surface area contributed by atoms with Crippen LogP contribution in [0.3, 0.4) is 0 Å². The van der Waals surface area contributed by atoms with Crippen molar-refractivity contribution >= 4 is 41.7 Å². The monoisotopic (exact) mass is 414 g/mol. The summed E-state index contributed by atoms with van der Waals surface area (Å²) in [5, 5.41) is 1.47. The van der Waals surface area contributed by atoms with Crippen molar-refractivity contribution in [1.82, 2.24) is 9.80 Å². The Morgan fingerprint density at radius 1 is 1.15 bits per heavy atom. The molecule has 0 spiro atoms. The van der Waals surface area contributed by atoms with Gasteiger partial charge in [-0.3, -0.25) is 9.69 Å². The van der Waals surface area contributed by atoms with Crippen LogP contribution in [0.2, 0.25) is 10.0 Å². The van der Waals surface area contributed by atoms with Crippen molar-refractivity contribution in [2.45, 2.75) is 62.3 Å². The van der Waals surface area contributed by atoms with Gasteiger partial charge in [-0.2, -0.15) is 12.6 Å². The second kappa shape index (κ2) is 9.18. The van der Waals surface area contributed by atoms with E-state index in [0.717, 1.165) is 44.3 Å². The maximum Gasteiger partial charge on any atom is 0.227 e. The highest BCUT2D eigenvalue weighted by Gasteiger charge is 2.35. The van der Waals surface area contributed by atoms with E-state index < -0.39 is 0 Å². The molecule has 0 bridgehead atoms. The highest BCUT2D eigenvalue weighted by molar-refractivity contribution is 7.80. The van der Waals surface area contributed by atoms with Gasteiger partial charge in [0.25, 0.3) is 0 Å². The normalized spacial score (nSPS) is 27.3. The second-order valence-corrected chi connectivity index (χ2v) is 9.16. The number of hydrogen-bond donors (Lipinski definition) is 1. The van der Waals surface area contributed by atoms with E-state index in [1.54, 1.807) is 12.1 Å². The molecule has 3 atom stereocenters. The third kappa shape index (κ3) is 4.89. The number of amides is 1. The Labute approximate surface area is 172 Å². The van der Waals surface area contributed by atoms with Crippen LogP contribution in [0.15, 0.2) is 18.2 Å². The summed E-state index contributed by atoms with van der Waals surface area (Å²) in [4.78, 5) is 17.6. The molecule has 0 radical (unpaired) electrons. The second-order valence-electron chi connectivity index (χ2n) is 7.62. The minimum absolute atomic E-state index is 0.148. The Bertz CT molecular complexity index is 636. The summed E-state index contributed by atoms with van der Waals surface area (Å²) in [5.74, 6) is 0.148. The number of rotatable bonds is 4. The SMILES string of the molecule is CN(C(=O)Cc1ccc(Cl)c(Cl)c1)C1CCC(S)CCC1N1CCCC1. The molecule has 144 valence electrons. The number of carbonyl (C=O) groups excluding carboxylic acids is 1. The number of hydrogen-bond acceptors (Lipinski definition) is 3. The third-order valence-electron chi connectivity index (χ3n) is 5.88. The molecule has 1 amide bonds. The zero-order valence-corrected chi connectivity index (χ0v) is 17.7. The molecule has 1 aliphatic heterocycles. The van der Waals surface area contributed by atoms with E-state index >= 15 is 0 Å². The Hall–Kier alpha value is -0.420. The maximum absolute atomic E-state index is 13.0. The molecular formula is C20H28Cl2N2OS. The molecule has 1 aromatic rings. The highest BCUT2D eigenvalue weighted by atomic mass is 35.5. The van der Waals surface area contributed by atoms with Gasteiger partial charge >= 0.3 is 0 Å². The number of carbonyl (C=O) groups is 1. The Kier molecular flexibility index (Phi) is 7.18. The van der Waals surface area contributed by atoms with Gasteiger partial charge in [0, 0.05) is 24.4 Å². The van der Waals surface area contributed by atoms with Crippen LogP contribution in [0.5, 0.6) is 0 Å². The molecule has 1 heterocycles. The van der Waals surface area contributed by atoms with Crippen molar-refractivity contribution in [3.8, 4) is 0 Å². The Morgan fingerprint density at radius 3 is 2.54 bits per heavy atom. The smallest absolute Gasteiger partial charge is 0.227 e. The number of likely N-dealkylation sites (tertiary alicyclic amines) is 1. The summed E-state index contributed by atoms with van der Waals surface area (Å²) in [5.41, 5.74) is 0.912. The summed E-state index contributed by atoms with van der Waals surface area (Å²) < 4.78 is 0. The van der Waals surface area contributed by atoms with Crippen molar-refractivity contribution in [3.63, 3.8) is 0 Å². The van der Waals surface area contributed by atoms with Crippen LogP contribution in [0.1, 0.15) is 44.1 Å². The van der Waals surface area contributed by atoms with Gasteiger partial charge in [0.05, 0.1) is 16.5 Å². The number of thiol groups is 1. The average molecular weight is 415 g/mol. The lowest BCUT2D eigenvalue weighted by Crippen LogP contribution is -2.51. The number of halogens is 2. The first kappa shape index (κ1) is 20.3. The summed E-state index contributed by atoms with van der Waals surface area (Å²) in [6.45, 7) is 2.32. The summed E-state index contributed by atoms with van der Waals surface area (Å²) >= 11 is 16.8. The van der Waals surface area contributed by atoms with Crippen molar-refractivity contribution in [3.05, 3.63) is 33.8 Å². The van der Waals surface area contributed by atoms with Gasteiger partial charge in [-0.15, -0.1) is 0 Å². The predicted molar refractivity (Wildman–Crippen MR) is 113 cm³/mol. The molecule has 3 unspecified atom stereocenters. The van der Waals surface area contributed by atoms with Crippen LogP contribution in [0.25, 0.3) is 0 Å². The number of likely N-dealkylation sites (N-methyl/N-ethyl adjacent to an activating group) is 1. The van der Waals surface area contributed by atoms with Gasteiger partial charge in [-0.25, -0.2) is 0 Å². The topological polar surface area (TPSA) is 23.6 Å². The van der Waals surface area contributed by atoms with E-state index in [-0.39, 0.29) is 11.9 Å². The minimum Gasteiger partial charge on any atom is -0.341 e. The fourth-order valence-corrected chi connectivity index (χ4v) is 4.96. The van der Waals surface area contributed by atoms with Crippen molar-refractivity contribution in [2.24, 2.45) is 0 Å². The van der Waals surface area contributed by atoms with E-state index in [0.29, 0.717) is 27.8 Å². The van der Waals surface area contributed by atoms with E-state index in [9.17, 15) is 4.79 Å². The first-order valence-electron chi connectivity index (χ1n) is 9.57. The third-order valence-corrected chi connectivity index (χ3v) is 7.13. The van der Waals surface area contributed by atoms with Crippen LogP contribution in [0.4, 0.5) is 0 Å². The molecule has 1 saturated heterocycles. The van der Waals surface area contributed by atoms with Crippen LogP contribution in [-0.2, 0) is 11.2 Å². The summed E-state index contributed by atoms with van der Waals surface area (Å²) in [6.07, 6.45) is 7.27. The van der Waals surface area contributed by atoms with E-state index in [4.69, 9.17) is 35.8 Å². The Balaban J connectivity index is 1.72. The van der Waals surface area contributed by atoms with Gasteiger partial charge in [-0.1, -0.05) is 29.3 Å². The maximum atomic E-state index is 13.0. The molecule has 3 rings (SSSR count). The first-order valence-corrected chi connectivity index (χ1v) is 10.8. The van der Waals surface area contributed by atoms with Gasteiger partial charge in [0.2, 0.25) is 5.91 Å². The Morgan fingerprint density at radius 2 is 1.85 bits per heavy atom. The minimum atomic E-state index is 0.148. The molecule has 3 nitrogen and oxygen atoms in total. The van der Waals surface area contributed by atoms with Crippen LogP contribution < -0.4 is 0 Å². The average Bonchev–Trinajstić information content (AvgIpc) is 3.07. The number of nitrogens with zero attached hydrogens (tertiary/aromatic N) is 2. The van der Waals surface area contributed by atoms with Crippen molar-refractivity contribution in [2.75, 3.05) is 20.1 Å². The molecule has 26 heavy (non-hydrogen) atoms. The fourth-order valence-electron chi connectivity index (χ4n) is 4.34. The van der Waals surface area contributed by atoms with E-state index in [2.05, 4.69) is 4.90 Å². The largest absolute Gasteiger partial charge is 0.341 e. The standard InChI is InChI=1S/C20H28Cl2N2OS/c1-23(20(25)13-14-4-7-16(21)17(22)12-14)18-8-5-15(26)6-9-19(18)24-10-2-3-11-24/h4,7,12,15,18-19,26H,2-3,5-6,8-11,13H2,1H3. The lowest BCUT2D eigenvalue weighted by atomic mass is 9.99. The highest BCUT2D eigenvalue weighted by Crippen LogP contribution is 2.31. The zero-order valence-electron chi connectivity index (χ0n) is 15.3. The summed E-state index contributed by atoms with van der Waals surface area (Å²) in [6, 6.07) is 6.16. The predicted octanol–water partition coefficient (Wildman–Crippen LogP) is 4.70. The van der Waals surface area contributed by atoms with Gasteiger partial charge in [0.15, 0.2) is 0 Å². The lowest BCUT2D eigenvalue weighted by Gasteiger charge is -2.38. The number of benzene rings is 1.